The highest BCUT2D eigenvalue weighted by Crippen LogP contribution is 2.37. The second kappa shape index (κ2) is 6.92. The van der Waals surface area contributed by atoms with Crippen molar-refractivity contribution in [2.75, 3.05) is 11.9 Å². The molecule has 12 N–H and O–H groups in total. The van der Waals surface area contributed by atoms with Crippen LogP contribution in [0.1, 0.15) is 31.9 Å². The van der Waals surface area contributed by atoms with Crippen molar-refractivity contribution >= 4 is 11.6 Å². The first-order valence-electron chi connectivity index (χ1n) is 8.71. The van der Waals surface area contributed by atoms with Gasteiger partial charge in [0.2, 0.25) is 11.6 Å². The molecule has 0 saturated heterocycles. The number of nitrogens with two attached hydrogens (primary N) is 2. The van der Waals surface area contributed by atoms with Gasteiger partial charge in [0.15, 0.2) is 5.79 Å². The van der Waals surface area contributed by atoms with Gasteiger partial charge in [-0.15, -0.1) is 0 Å². The average Bonchev–Trinajstić information content (AvgIpc) is 2.75. The van der Waals surface area contributed by atoms with Crippen LogP contribution in [0.25, 0.3) is 0 Å². The maximum Gasteiger partial charge on any atom is 0.289 e. The van der Waals surface area contributed by atoms with Crippen molar-refractivity contribution in [3.63, 3.8) is 0 Å². The fourth-order valence-electron chi connectivity index (χ4n) is 3.15. The Morgan fingerprint density at radius 2 is 1.59 bits per heavy atom. The van der Waals surface area contributed by atoms with Gasteiger partial charge in [-0.1, -0.05) is 12.1 Å². The molecule has 0 bridgehead atoms. The number of hydrogen-bond donors (Lipinski definition) is 10. The summed E-state index contributed by atoms with van der Waals surface area (Å²) in [5, 5.41) is 73.0. The summed E-state index contributed by atoms with van der Waals surface area (Å²) in [6.07, 6.45) is -0.153. The van der Waals surface area contributed by atoms with E-state index in [0.29, 0.717) is 4.90 Å². The van der Waals surface area contributed by atoms with Crippen LogP contribution in [-0.2, 0) is 17.0 Å². The summed E-state index contributed by atoms with van der Waals surface area (Å²) < 4.78 is 0. The third-order valence-electron chi connectivity index (χ3n) is 5.30. The zero-order valence-corrected chi connectivity index (χ0v) is 16.3. The van der Waals surface area contributed by atoms with Crippen molar-refractivity contribution in [3.8, 4) is 0 Å². The maximum atomic E-state index is 11.8. The molecule has 1 heterocycles. The molecule has 0 saturated carbocycles. The van der Waals surface area contributed by atoms with E-state index in [1.54, 1.807) is 0 Å². The predicted molar refractivity (Wildman–Crippen MR) is 99.0 cm³/mol. The Morgan fingerprint density at radius 1 is 1.03 bits per heavy atom. The van der Waals surface area contributed by atoms with E-state index in [0.717, 1.165) is 20.8 Å². The van der Waals surface area contributed by atoms with E-state index in [-0.39, 0.29) is 23.2 Å². The monoisotopic (exact) mass is 416 g/mol. The summed E-state index contributed by atoms with van der Waals surface area (Å²) >= 11 is 0. The summed E-state index contributed by atoms with van der Waals surface area (Å²) in [4.78, 5) is 12.4. The molecule has 0 aliphatic carbocycles. The lowest BCUT2D eigenvalue weighted by atomic mass is 9.94. The number of benzene rings is 1. The molecule has 1 aliphatic rings. The van der Waals surface area contributed by atoms with Crippen LogP contribution in [0.3, 0.4) is 0 Å². The van der Waals surface area contributed by atoms with Crippen molar-refractivity contribution in [1.82, 2.24) is 4.90 Å². The first kappa shape index (κ1) is 23.6. The molecule has 1 aromatic rings. The summed E-state index contributed by atoms with van der Waals surface area (Å²) in [5.41, 5.74) is 9.72. The number of nitrogens with one attached hydrogen (secondary N) is 1. The predicted octanol–water partition coefficient (Wildman–Crippen LogP) is -3.70. The molecule has 1 amide bonds. The minimum atomic E-state index is -2.95. The van der Waals surface area contributed by atoms with Crippen LogP contribution in [0, 0.1) is 0 Å². The van der Waals surface area contributed by atoms with Gasteiger partial charge in [-0.2, -0.15) is 0 Å². The molecule has 0 spiro atoms. The largest absolute Gasteiger partial charge is 0.363 e. The Balaban J connectivity index is 2.47. The van der Waals surface area contributed by atoms with Gasteiger partial charge in [-0.3, -0.25) is 10.5 Å². The van der Waals surface area contributed by atoms with Gasteiger partial charge in [0, 0.05) is 12.1 Å². The zero-order valence-electron chi connectivity index (χ0n) is 16.3. The van der Waals surface area contributed by atoms with E-state index in [4.69, 9.17) is 11.5 Å². The number of carbonyl (C=O) groups is 1. The zero-order chi connectivity index (χ0) is 22.6. The summed E-state index contributed by atoms with van der Waals surface area (Å²) in [5.74, 6) is -12.4. The Bertz CT molecular complexity index is 770. The van der Waals surface area contributed by atoms with E-state index in [9.17, 15) is 40.5 Å². The lowest BCUT2D eigenvalue weighted by Gasteiger charge is -2.52. The number of rotatable bonds is 7. The van der Waals surface area contributed by atoms with Crippen LogP contribution in [0.2, 0.25) is 0 Å². The van der Waals surface area contributed by atoms with Gasteiger partial charge < -0.3 is 46.8 Å². The number of amides is 1. The molecular formula is C17H28N4O8. The molecule has 2 unspecified atom stereocenters. The van der Waals surface area contributed by atoms with Crippen LogP contribution in [-0.4, -0.2) is 76.2 Å². The Kier molecular flexibility index (Phi) is 5.62. The van der Waals surface area contributed by atoms with Gasteiger partial charge in [0.1, 0.15) is 5.66 Å². The molecule has 29 heavy (non-hydrogen) atoms. The highest BCUT2D eigenvalue weighted by Gasteiger charge is 2.57. The number of nitrogens with zero attached hydrogens (tertiary/aromatic N) is 1. The van der Waals surface area contributed by atoms with Crippen molar-refractivity contribution in [2.24, 2.45) is 11.5 Å². The molecule has 0 fully saturated rings. The van der Waals surface area contributed by atoms with E-state index >= 15 is 0 Å². The van der Waals surface area contributed by atoms with Crippen LogP contribution in [0.5, 0.6) is 0 Å². The lowest BCUT2D eigenvalue weighted by molar-refractivity contribution is -0.355. The molecule has 1 aliphatic heterocycles. The molecule has 2 atom stereocenters. The summed E-state index contributed by atoms with van der Waals surface area (Å²) in [6, 6.07) is 4.45. The SMILES string of the molecule is CC(O)(O)C(C)(N)N(CCc1cccc2c1C(O)(O)C(=O)N2)C(N)(O)C(C)(O)O. The van der Waals surface area contributed by atoms with Crippen molar-refractivity contribution in [3.05, 3.63) is 29.3 Å². The van der Waals surface area contributed by atoms with Crippen LogP contribution in [0.4, 0.5) is 5.69 Å². The molecule has 1 aromatic carbocycles. The molecular weight excluding hydrogens is 388 g/mol. The van der Waals surface area contributed by atoms with E-state index in [1.165, 1.54) is 18.2 Å². The topological polar surface area (TPSA) is 226 Å². The van der Waals surface area contributed by atoms with Crippen LogP contribution >= 0.6 is 0 Å². The Hall–Kier alpha value is -1.71. The number of fused-ring (bicyclic) bond motifs is 1. The smallest absolute Gasteiger partial charge is 0.289 e. The third-order valence-corrected chi connectivity index (χ3v) is 5.30. The van der Waals surface area contributed by atoms with Crippen molar-refractivity contribution in [1.29, 1.82) is 0 Å². The second-order valence-electron chi connectivity index (χ2n) is 7.78. The molecule has 164 valence electrons. The minimum Gasteiger partial charge on any atom is -0.363 e. The normalized spacial score (nSPS) is 20.8. The highest BCUT2D eigenvalue weighted by atomic mass is 16.5. The van der Waals surface area contributed by atoms with Crippen molar-refractivity contribution in [2.45, 2.75) is 56.1 Å². The molecule has 12 nitrogen and oxygen atoms in total. The maximum absolute atomic E-state index is 11.8. The Labute approximate surface area is 166 Å². The number of carbonyl (C=O) groups excluding carboxylic acids is 1. The van der Waals surface area contributed by atoms with Gasteiger partial charge in [0.25, 0.3) is 11.7 Å². The van der Waals surface area contributed by atoms with Crippen LogP contribution < -0.4 is 16.8 Å². The second-order valence-corrected chi connectivity index (χ2v) is 7.78. The molecule has 0 aromatic heterocycles. The molecule has 12 heteroatoms. The van der Waals surface area contributed by atoms with E-state index in [1.807, 2.05) is 0 Å². The quantitative estimate of drug-likeness (QED) is 0.195. The highest BCUT2D eigenvalue weighted by molar-refractivity contribution is 6.04. The van der Waals surface area contributed by atoms with Gasteiger partial charge >= 0.3 is 0 Å². The minimum absolute atomic E-state index is 0.129. The fourth-order valence-corrected chi connectivity index (χ4v) is 3.15. The van der Waals surface area contributed by atoms with Gasteiger partial charge in [-0.25, -0.2) is 4.90 Å². The third kappa shape index (κ3) is 3.87. The lowest BCUT2D eigenvalue weighted by Crippen LogP contribution is -2.80. The number of hydrogen-bond acceptors (Lipinski definition) is 11. The van der Waals surface area contributed by atoms with Crippen molar-refractivity contribution < 1.29 is 40.5 Å². The first-order valence-corrected chi connectivity index (χ1v) is 8.71. The van der Waals surface area contributed by atoms with Gasteiger partial charge in [0.05, 0.1) is 5.69 Å². The van der Waals surface area contributed by atoms with E-state index in [2.05, 4.69) is 5.32 Å². The first-order chi connectivity index (χ1) is 12.8. The summed E-state index contributed by atoms with van der Waals surface area (Å²) in [7, 11) is 0. The summed E-state index contributed by atoms with van der Waals surface area (Å²) in [6.45, 7) is 2.38. The van der Waals surface area contributed by atoms with Crippen LogP contribution in [0.15, 0.2) is 18.2 Å². The number of aliphatic hydroxyl groups is 7. The van der Waals surface area contributed by atoms with E-state index < -0.39 is 41.3 Å². The van der Waals surface area contributed by atoms with Gasteiger partial charge in [-0.05, 0) is 38.8 Å². The average molecular weight is 416 g/mol. The number of anilines is 1. The standard InChI is InChI=1S/C17H28N4O8/c1-13(18,14(2,23)24)21(17(19,29)15(3,25)26)8-7-9-5-4-6-10-11(9)16(27,28)12(22)20-10/h4-6,23-29H,7-8,18-19H2,1-3H3,(H,20,22). The molecule has 2 rings (SSSR count). The Morgan fingerprint density at radius 3 is 2.07 bits per heavy atom. The fraction of sp³-hybridized carbons (Fsp3) is 0.588. The molecule has 0 radical (unpaired) electrons.